The van der Waals surface area contributed by atoms with Crippen molar-refractivity contribution in [1.29, 1.82) is 0 Å². The first-order chi connectivity index (χ1) is 7.84. The maximum Gasteiger partial charge on any atom is 0.119 e. The molecule has 1 unspecified atom stereocenters. The van der Waals surface area contributed by atoms with E-state index in [9.17, 15) is 0 Å². The average Bonchev–Trinajstić information content (AvgIpc) is 2.33. The summed E-state index contributed by atoms with van der Waals surface area (Å²) in [5.74, 6) is 1.80. The monoisotopic (exact) mass is 219 g/mol. The standard InChI is InChI=1S/C14H21NO/c1-12-4-6-14(7-5-12)16-10-8-13-3-2-9-15-11-13/h4-7,13,15H,2-3,8-11H2,1H3. The van der Waals surface area contributed by atoms with Gasteiger partial charge in [0.25, 0.3) is 0 Å². The zero-order chi connectivity index (χ0) is 11.2. The fourth-order valence-corrected chi connectivity index (χ4v) is 2.15. The number of ether oxygens (including phenoxy) is 1. The van der Waals surface area contributed by atoms with Crippen molar-refractivity contribution in [3.05, 3.63) is 29.8 Å². The number of hydrogen-bond acceptors (Lipinski definition) is 2. The first kappa shape index (κ1) is 11.5. The predicted octanol–water partition coefficient (Wildman–Crippen LogP) is 2.76. The molecule has 1 aliphatic heterocycles. The van der Waals surface area contributed by atoms with Gasteiger partial charge in [0.2, 0.25) is 0 Å². The molecule has 0 aromatic heterocycles. The number of benzene rings is 1. The minimum atomic E-state index is 0.805. The molecule has 1 fully saturated rings. The second-order valence-electron chi connectivity index (χ2n) is 4.66. The van der Waals surface area contributed by atoms with Crippen LogP contribution in [0.4, 0.5) is 0 Å². The van der Waals surface area contributed by atoms with E-state index in [1.165, 1.54) is 31.4 Å². The van der Waals surface area contributed by atoms with Crippen molar-refractivity contribution in [3.8, 4) is 5.75 Å². The minimum Gasteiger partial charge on any atom is -0.494 e. The fraction of sp³-hybridized carbons (Fsp3) is 0.571. The SMILES string of the molecule is Cc1ccc(OCCC2CCCNC2)cc1. The third kappa shape index (κ3) is 3.53. The Morgan fingerprint density at radius 2 is 2.12 bits per heavy atom. The number of piperidine rings is 1. The summed E-state index contributed by atoms with van der Waals surface area (Å²) in [7, 11) is 0. The van der Waals surface area contributed by atoms with E-state index in [-0.39, 0.29) is 0 Å². The maximum atomic E-state index is 5.74. The Kier molecular flexibility index (Phi) is 4.23. The van der Waals surface area contributed by atoms with E-state index in [1.54, 1.807) is 0 Å². The summed E-state index contributed by atoms with van der Waals surface area (Å²) in [4.78, 5) is 0. The summed E-state index contributed by atoms with van der Waals surface area (Å²) in [5, 5.41) is 3.44. The lowest BCUT2D eigenvalue weighted by Crippen LogP contribution is -2.30. The molecule has 1 aliphatic rings. The first-order valence-corrected chi connectivity index (χ1v) is 6.25. The van der Waals surface area contributed by atoms with Crippen molar-refractivity contribution >= 4 is 0 Å². The molecule has 0 amide bonds. The summed E-state index contributed by atoms with van der Waals surface area (Å²) in [6.07, 6.45) is 3.83. The Labute approximate surface area is 98.0 Å². The second kappa shape index (κ2) is 5.90. The van der Waals surface area contributed by atoms with Gasteiger partial charge >= 0.3 is 0 Å². The van der Waals surface area contributed by atoms with Gasteiger partial charge in [0, 0.05) is 0 Å². The Bertz CT molecular complexity index is 301. The molecule has 2 heteroatoms. The molecule has 0 spiro atoms. The van der Waals surface area contributed by atoms with Crippen molar-refractivity contribution in [2.75, 3.05) is 19.7 Å². The van der Waals surface area contributed by atoms with Gasteiger partial charge in [-0.3, -0.25) is 0 Å². The summed E-state index contributed by atoms with van der Waals surface area (Å²) >= 11 is 0. The molecule has 1 heterocycles. The van der Waals surface area contributed by atoms with Crippen molar-refractivity contribution in [2.45, 2.75) is 26.2 Å². The maximum absolute atomic E-state index is 5.74. The van der Waals surface area contributed by atoms with E-state index >= 15 is 0 Å². The summed E-state index contributed by atoms with van der Waals surface area (Å²) < 4.78 is 5.74. The van der Waals surface area contributed by atoms with Crippen molar-refractivity contribution in [1.82, 2.24) is 5.32 Å². The van der Waals surface area contributed by atoms with E-state index in [4.69, 9.17) is 4.74 Å². The van der Waals surface area contributed by atoms with E-state index in [0.29, 0.717) is 0 Å². The molecule has 0 bridgehead atoms. The topological polar surface area (TPSA) is 21.3 Å². The molecule has 2 nitrogen and oxygen atoms in total. The minimum absolute atomic E-state index is 0.805. The molecular formula is C14H21NO. The third-order valence-electron chi connectivity index (χ3n) is 3.21. The molecule has 1 aromatic rings. The van der Waals surface area contributed by atoms with Crippen LogP contribution in [0.15, 0.2) is 24.3 Å². The van der Waals surface area contributed by atoms with E-state index in [2.05, 4.69) is 36.5 Å². The summed E-state index contributed by atoms with van der Waals surface area (Å²) in [5.41, 5.74) is 1.28. The molecular weight excluding hydrogens is 198 g/mol. The number of nitrogens with one attached hydrogen (secondary N) is 1. The smallest absolute Gasteiger partial charge is 0.119 e. The van der Waals surface area contributed by atoms with Crippen LogP contribution in [0.1, 0.15) is 24.8 Å². The predicted molar refractivity (Wildman–Crippen MR) is 66.9 cm³/mol. The lowest BCUT2D eigenvalue weighted by Gasteiger charge is -2.22. The Morgan fingerprint density at radius 1 is 1.31 bits per heavy atom. The Morgan fingerprint density at radius 3 is 2.81 bits per heavy atom. The van der Waals surface area contributed by atoms with Crippen LogP contribution in [0.3, 0.4) is 0 Å². The third-order valence-corrected chi connectivity index (χ3v) is 3.21. The normalized spacial score (nSPS) is 20.7. The second-order valence-corrected chi connectivity index (χ2v) is 4.66. The highest BCUT2D eigenvalue weighted by Gasteiger charge is 2.12. The molecule has 2 rings (SSSR count). The van der Waals surface area contributed by atoms with Crippen LogP contribution in [0.25, 0.3) is 0 Å². The van der Waals surface area contributed by atoms with Gasteiger partial charge in [0.1, 0.15) is 5.75 Å². The van der Waals surface area contributed by atoms with Gasteiger partial charge in [-0.2, -0.15) is 0 Å². The number of aryl methyl sites for hydroxylation is 1. The van der Waals surface area contributed by atoms with Gasteiger partial charge < -0.3 is 10.1 Å². The van der Waals surface area contributed by atoms with Crippen LogP contribution >= 0.6 is 0 Å². The highest BCUT2D eigenvalue weighted by molar-refractivity contribution is 5.26. The molecule has 0 aliphatic carbocycles. The molecule has 1 N–H and O–H groups in total. The van der Waals surface area contributed by atoms with Crippen molar-refractivity contribution in [3.63, 3.8) is 0 Å². The lowest BCUT2D eigenvalue weighted by atomic mass is 9.97. The molecule has 88 valence electrons. The Hall–Kier alpha value is -1.02. The van der Waals surface area contributed by atoms with Crippen LogP contribution in [0.2, 0.25) is 0 Å². The average molecular weight is 219 g/mol. The highest BCUT2D eigenvalue weighted by Crippen LogP contribution is 2.16. The summed E-state index contributed by atoms with van der Waals surface area (Å²) in [6.45, 7) is 5.29. The van der Waals surface area contributed by atoms with Crippen LogP contribution < -0.4 is 10.1 Å². The quantitative estimate of drug-likeness (QED) is 0.840. The number of rotatable bonds is 4. The lowest BCUT2D eigenvalue weighted by molar-refractivity contribution is 0.254. The van der Waals surface area contributed by atoms with Crippen LogP contribution in [-0.4, -0.2) is 19.7 Å². The summed E-state index contributed by atoms with van der Waals surface area (Å²) in [6, 6.07) is 8.29. The van der Waals surface area contributed by atoms with Gasteiger partial charge in [0.15, 0.2) is 0 Å². The van der Waals surface area contributed by atoms with Gasteiger partial charge in [0.05, 0.1) is 6.61 Å². The van der Waals surface area contributed by atoms with E-state index in [0.717, 1.165) is 24.8 Å². The van der Waals surface area contributed by atoms with Crippen LogP contribution in [0, 0.1) is 12.8 Å². The largest absolute Gasteiger partial charge is 0.494 e. The van der Waals surface area contributed by atoms with Crippen molar-refractivity contribution < 1.29 is 4.74 Å². The van der Waals surface area contributed by atoms with Gasteiger partial charge in [-0.15, -0.1) is 0 Å². The first-order valence-electron chi connectivity index (χ1n) is 6.25. The van der Waals surface area contributed by atoms with Crippen LogP contribution in [0.5, 0.6) is 5.75 Å². The van der Waals surface area contributed by atoms with E-state index < -0.39 is 0 Å². The Balaban J connectivity index is 1.69. The van der Waals surface area contributed by atoms with Crippen molar-refractivity contribution in [2.24, 2.45) is 5.92 Å². The zero-order valence-corrected chi connectivity index (χ0v) is 10.0. The van der Waals surface area contributed by atoms with Gasteiger partial charge in [-0.05, 0) is 57.3 Å². The molecule has 0 saturated carbocycles. The molecule has 1 aromatic carbocycles. The fourth-order valence-electron chi connectivity index (χ4n) is 2.15. The molecule has 16 heavy (non-hydrogen) atoms. The molecule has 1 atom stereocenters. The highest BCUT2D eigenvalue weighted by atomic mass is 16.5. The van der Waals surface area contributed by atoms with Gasteiger partial charge in [-0.1, -0.05) is 17.7 Å². The zero-order valence-electron chi connectivity index (χ0n) is 10.0. The number of hydrogen-bond donors (Lipinski definition) is 1. The van der Waals surface area contributed by atoms with Crippen LogP contribution in [-0.2, 0) is 0 Å². The molecule has 1 saturated heterocycles. The van der Waals surface area contributed by atoms with Gasteiger partial charge in [-0.25, -0.2) is 0 Å². The van der Waals surface area contributed by atoms with E-state index in [1.807, 2.05) is 0 Å². The molecule has 0 radical (unpaired) electrons.